The maximum absolute atomic E-state index is 3.78. The third kappa shape index (κ3) is 3.02. The summed E-state index contributed by atoms with van der Waals surface area (Å²) in [5, 5.41) is 7.46. The van der Waals surface area contributed by atoms with Crippen LogP contribution >= 0.6 is 0 Å². The molecule has 2 unspecified atom stereocenters. The molecule has 1 aliphatic heterocycles. The summed E-state index contributed by atoms with van der Waals surface area (Å²) < 4.78 is 0. The smallest absolute Gasteiger partial charge is 0.0476 e. The fourth-order valence-electron chi connectivity index (χ4n) is 3.24. The average Bonchev–Trinajstić information content (AvgIpc) is 2.92. The lowest BCUT2D eigenvalue weighted by molar-refractivity contribution is 0.312. The lowest BCUT2D eigenvalue weighted by Crippen LogP contribution is -2.46. The van der Waals surface area contributed by atoms with Crippen molar-refractivity contribution in [3.05, 3.63) is 59.2 Å². The molecule has 2 N–H and O–H groups in total. The van der Waals surface area contributed by atoms with Crippen molar-refractivity contribution in [2.24, 2.45) is 0 Å². The van der Waals surface area contributed by atoms with E-state index < -0.39 is 0 Å². The van der Waals surface area contributed by atoms with Gasteiger partial charge in [0.2, 0.25) is 0 Å². The van der Waals surface area contributed by atoms with Crippen LogP contribution in [0.2, 0.25) is 0 Å². The van der Waals surface area contributed by atoms with E-state index >= 15 is 0 Å². The van der Waals surface area contributed by atoms with Gasteiger partial charge in [0.05, 0.1) is 0 Å². The van der Waals surface area contributed by atoms with E-state index in [-0.39, 0.29) is 0 Å². The molecular formula is C18H24N2. The largest absolute Gasteiger partial charge is 0.309 e. The van der Waals surface area contributed by atoms with Gasteiger partial charge in [-0.25, -0.2) is 0 Å². The highest BCUT2D eigenvalue weighted by Gasteiger charge is 2.25. The van der Waals surface area contributed by atoms with E-state index in [1.807, 2.05) is 0 Å². The predicted octanol–water partition coefficient (Wildman–Crippen LogP) is 3.35. The fraction of sp³-hybridized carbons (Fsp3) is 0.444. The molecule has 1 aromatic carbocycles. The Kier molecular flexibility index (Phi) is 4.34. The van der Waals surface area contributed by atoms with Gasteiger partial charge in [-0.2, -0.15) is 0 Å². The molecule has 1 fully saturated rings. The Labute approximate surface area is 122 Å². The van der Waals surface area contributed by atoms with E-state index in [9.17, 15) is 0 Å². The van der Waals surface area contributed by atoms with Crippen LogP contribution in [0.4, 0.5) is 0 Å². The molecule has 2 nitrogen and oxygen atoms in total. The Hall–Kier alpha value is -1.38. The van der Waals surface area contributed by atoms with E-state index in [4.69, 9.17) is 0 Å². The second kappa shape index (κ2) is 6.38. The standard InChI is InChI=1S/C18H24N2/c1-14-7-5-10-16(14)13-20-17-11-6-12-19-18(17)15-8-3-2-4-9-15/h2-5,7-9,17-20H,6,10-13H2,1H3. The predicted molar refractivity (Wildman–Crippen MR) is 84.7 cm³/mol. The van der Waals surface area contributed by atoms with Crippen molar-refractivity contribution in [1.82, 2.24) is 10.6 Å². The first-order valence-corrected chi connectivity index (χ1v) is 7.71. The topological polar surface area (TPSA) is 24.1 Å². The summed E-state index contributed by atoms with van der Waals surface area (Å²) in [7, 11) is 0. The summed E-state index contributed by atoms with van der Waals surface area (Å²) in [5.74, 6) is 0. The van der Waals surface area contributed by atoms with Gasteiger partial charge in [-0.3, -0.25) is 0 Å². The van der Waals surface area contributed by atoms with Crippen molar-refractivity contribution in [1.29, 1.82) is 0 Å². The van der Waals surface area contributed by atoms with Gasteiger partial charge < -0.3 is 10.6 Å². The normalized spacial score (nSPS) is 26.2. The Balaban J connectivity index is 1.65. The van der Waals surface area contributed by atoms with E-state index in [2.05, 4.69) is 60.0 Å². The van der Waals surface area contributed by atoms with Gasteiger partial charge in [0.25, 0.3) is 0 Å². The number of rotatable bonds is 4. The van der Waals surface area contributed by atoms with Gasteiger partial charge in [-0.15, -0.1) is 0 Å². The molecule has 0 aromatic heterocycles. The monoisotopic (exact) mass is 268 g/mol. The van der Waals surface area contributed by atoms with E-state index in [0.29, 0.717) is 12.1 Å². The molecule has 0 amide bonds. The van der Waals surface area contributed by atoms with Gasteiger partial charge in [-0.05, 0) is 43.9 Å². The Morgan fingerprint density at radius 1 is 1.25 bits per heavy atom. The maximum atomic E-state index is 3.78. The Morgan fingerprint density at radius 3 is 2.85 bits per heavy atom. The Bertz CT molecular complexity index is 501. The van der Waals surface area contributed by atoms with Gasteiger partial charge in [0, 0.05) is 18.6 Å². The molecule has 1 saturated heterocycles. The van der Waals surface area contributed by atoms with Crippen LogP contribution in [0.1, 0.15) is 37.8 Å². The average molecular weight is 268 g/mol. The number of allylic oxidation sites excluding steroid dienone is 3. The minimum atomic E-state index is 0.445. The first-order valence-electron chi connectivity index (χ1n) is 7.71. The molecule has 1 aromatic rings. The zero-order chi connectivity index (χ0) is 13.8. The minimum Gasteiger partial charge on any atom is -0.309 e. The van der Waals surface area contributed by atoms with E-state index in [0.717, 1.165) is 19.5 Å². The van der Waals surface area contributed by atoms with Crippen LogP contribution in [0.3, 0.4) is 0 Å². The molecule has 0 bridgehead atoms. The SMILES string of the molecule is CC1=C(CNC2CCCNC2c2ccccc2)CC=C1. The molecule has 0 saturated carbocycles. The molecule has 20 heavy (non-hydrogen) atoms. The molecule has 1 heterocycles. The van der Waals surface area contributed by atoms with Gasteiger partial charge in [-0.1, -0.05) is 48.1 Å². The summed E-state index contributed by atoms with van der Waals surface area (Å²) in [4.78, 5) is 0. The van der Waals surface area contributed by atoms with Gasteiger partial charge in [0.15, 0.2) is 0 Å². The fourth-order valence-corrected chi connectivity index (χ4v) is 3.24. The number of hydrogen-bond acceptors (Lipinski definition) is 2. The quantitative estimate of drug-likeness (QED) is 0.875. The summed E-state index contributed by atoms with van der Waals surface area (Å²) in [6, 6.07) is 11.8. The van der Waals surface area contributed by atoms with Crippen LogP contribution in [0.5, 0.6) is 0 Å². The zero-order valence-corrected chi connectivity index (χ0v) is 12.2. The van der Waals surface area contributed by atoms with Crippen LogP contribution in [0.15, 0.2) is 53.6 Å². The van der Waals surface area contributed by atoms with Crippen LogP contribution in [-0.2, 0) is 0 Å². The first kappa shape index (κ1) is 13.6. The summed E-state index contributed by atoms with van der Waals surface area (Å²) in [5.41, 5.74) is 4.39. The highest BCUT2D eigenvalue weighted by molar-refractivity contribution is 5.33. The summed E-state index contributed by atoms with van der Waals surface area (Å²) in [6.45, 7) is 4.36. The Morgan fingerprint density at radius 2 is 2.10 bits per heavy atom. The molecule has 1 aliphatic carbocycles. The third-order valence-corrected chi connectivity index (χ3v) is 4.48. The van der Waals surface area contributed by atoms with Crippen molar-refractivity contribution in [3.8, 4) is 0 Å². The van der Waals surface area contributed by atoms with Crippen molar-refractivity contribution >= 4 is 0 Å². The number of piperidine rings is 1. The van der Waals surface area contributed by atoms with Crippen LogP contribution < -0.4 is 10.6 Å². The molecule has 0 radical (unpaired) electrons. The molecule has 106 valence electrons. The molecular weight excluding hydrogens is 244 g/mol. The van der Waals surface area contributed by atoms with Crippen molar-refractivity contribution in [3.63, 3.8) is 0 Å². The summed E-state index contributed by atoms with van der Waals surface area (Å²) in [6.07, 6.45) is 8.14. The molecule has 2 atom stereocenters. The van der Waals surface area contributed by atoms with Crippen LogP contribution in [0, 0.1) is 0 Å². The second-order valence-electron chi connectivity index (χ2n) is 5.87. The number of benzene rings is 1. The van der Waals surface area contributed by atoms with E-state index in [1.165, 1.54) is 24.0 Å². The van der Waals surface area contributed by atoms with E-state index in [1.54, 1.807) is 5.57 Å². The molecule has 3 rings (SSSR count). The van der Waals surface area contributed by atoms with Crippen LogP contribution in [0.25, 0.3) is 0 Å². The molecule has 2 aliphatic rings. The van der Waals surface area contributed by atoms with Crippen LogP contribution in [-0.4, -0.2) is 19.1 Å². The minimum absolute atomic E-state index is 0.445. The lowest BCUT2D eigenvalue weighted by Gasteiger charge is -2.34. The summed E-state index contributed by atoms with van der Waals surface area (Å²) >= 11 is 0. The van der Waals surface area contributed by atoms with Gasteiger partial charge >= 0.3 is 0 Å². The van der Waals surface area contributed by atoms with Crippen molar-refractivity contribution in [2.45, 2.75) is 38.3 Å². The highest BCUT2D eigenvalue weighted by Crippen LogP contribution is 2.24. The number of nitrogens with one attached hydrogen (secondary N) is 2. The van der Waals surface area contributed by atoms with Crippen molar-refractivity contribution in [2.75, 3.05) is 13.1 Å². The maximum Gasteiger partial charge on any atom is 0.0476 e. The second-order valence-corrected chi connectivity index (χ2v) is 5.87. The third-order valence-electron chi connectivity index (χ3n) is 4.48. The van der Waals surface area contributed by atoms with Gasteiger partial charge in [0.1, 0.15) is 0 Å². The first-order chi connectivity index (χ1) is 9.84. The molecule has 0 spiro atoms. The highest BCUT2D eigenvalue weighted by atomic mass is 15.0. The van der Waals surface area contributed by atoms with Crippen molar-refractivity contribution < 1.29 is 0 Å². The zero-order valence-electron chi connectivity index (χ0n) is 12.2. The number of hydrogen-bond donors (Lipinski definition) is 2. The molecule has 2 heteroatoms. The lowest BCUT2D eigenvalue weighted by atomic mass is 9.92.